The first kappa shape index (κ1) is 13.0. The van der Waals surface area contributed by atoms with E-state index in [1.165, 1.54) is 38.5 Å². The van der Waals surface area contributed by atoms with Crippen LogP contribution < -0.4 is 5.32 Å². The summed E-state index contributed by atoms with van der Waals surface area (Å²) in [6.45, 7) is 7.11. The zero-order valence-corrected chi connectivity index (χ0v) is 11.1. The summed E-state index contributed by atoms with van der Waals surface area (Å²) in [6.07, 6.45) is 8.67. The predicted octanol–water partition coefficient (Wildman–Crippen LogP) is 3.84. The molecule has 1 nitrogen and oxygen atoms in total. The molecule has 0 bridgehead atoms. The van der Waals surface area contributed by atoms with Crippen LogP contribution in [0.4, 0.5) is 0 Å². The highest BCUT2D eigenvalue weighted by molar-refractivity contribution is 4.78. The summed E-state index contributed by atoms with van der Waals surface area (Å²) in [6, 6.07) is 0.682. The molecule has 0 saturated heterocycles. The average Bonchev–Trinajstić information content (AvgIpc) is 2.28. The van der Waals surface area contributed by atoms with E-state index in [1.807, 2.05) is 0 Å². The van der Waals surface area contributed by atoms with Gasteiger partial charge in [-0.05, 0) is 44.6 Å². The van der Waals surface area contributed by atoms with Crippen molar-refractivity contribution in [2.75, 3.05) is 7.05 Å². The minimum Gasteiger partial charge on any atom is -0.317 e. The third-order valence-corrected chi connectivity index (χ3v) is 4.42. The van der Waals surface area contributed by atoms with Gasteiger partial charge in [-0.3, -0.25) is 0 Å². The lowest BCUT2D eigenvalue weighted by Gasteiger charge is -2.33. The van der Waals surface area contributed by atoms with Gasteiger partial charge in [0, 0.05) is 6.04 Å². The minimum atomic E-state index is 0.682. The summed E-state index contributed by atoms with van der Waals surface area (Å²) in [5.74, 6) is 2.93. The van der Waals surface area contributed by atoms with E-state index in [0.717, 1.165) is 17.8 Å². The maximum absolute atomic E-state index is 3.36. The third kappa shape index (κ3) is 4.14. The Morgan fingerprint density at radius 1 is 1.27 bits per heavy atom. The molecule has 0 aromatic carbocycles. The number of hydrogen-bond acceptors (Lipinski definition) is 1. The first-order valence-corrected chi connectivity index (χ1v) is 6.84. The van der Waals surface area contributed by atoms with Gasteiger partial charge in [0.2, 0.25) is 0 Å². The molecule has 4 atom stereocenters. The molecule has 0 amide bonds. The van der Waals surface area contributed by atoms with Gasteiger partial charge in [0.1, 0.15) is 0 Å². The van der Waals surface area contributed by atoms with Crippen molar-refractivity contribution in [2.45, 2.75) is 65.3 Å². The monoisotopic (exact) mass is 211 g/mol. The van der Waals surface area contributed by atoms with Gasteiger partial charge in [0.25, 0.3) is 0 Å². The molecule has 0 radical (unpaired) electrons. The molecule has 1 fully saturated rings. The topological polar surface area (TPSA) is 12.0 Å². The summed E-state index contributed by atoms with van der Waals surface area (Å²) in [5, 5.41) is 3.36. The van der Waals surface area contributed by atoms with Crippen molar-refractivity contribution in [3.8, 4) is 0 Å². The van der Waals surface area contributed by atoms with Crippen molar-refractivity contribution >= 4 is 0 Å². The van der Waals surface area contributed by atoms with Gasteiger partial charge < -0.3 is 5.32 Å². The molecule has 0 heterocycles. The largest absolute Gasteiger partial charge is 0.317 e. The van der Waals surface area contributed by atoms with E-state index in [9.17, 15) is 0 Å². The minimum absolute atomic E-state index is 0.682. The van der Waals surface area contributed by atoms with Crippen LogP contribution in [-0.2, 0) is 0 Å². The molecule has 0 aromatic heterocycles. The van der Waals surface area contributed by atoms with E-state index < -0.39 is 0 Å². The molecule has 1 saturated carbocycles. The Morgan fingerprint density at radius 2 is 2.00 bits per heavy atom. The molecule has 1 aliphatic rings. The van der Waals surface area contributed by atoms with Gasteiger partial charge in [0.05, 0.1) is 0 Å². The highest BCUT2D eigenvalue weighted by atomic mass is 14.8. The van der Waals surface area contributed by atoms with Crippen molar-refractivity contribution < 1.29 is 0 Å². The van der Waals surface area contributed by atoms with Gasteiger partial charge in [-0.25, -0.2) is 0 Å². The fraction of sp³-hybridized carbons (Fsp3) is 1.00. The lowest BCUT2D eigenvalue weighted by atomic mass is 9.73. The highest BCUT2D eigenvalue weighted by Crippen LogP contribution is 2.36. The number of nitrogens with one attached hydrogen (secondary N) is 1. The van der Waals surface area contributed by atoms with Crippen molar-refractivity contribution in [2.24, 2.45) is 17.8 Å². The smallest absolute Gasteiger partial charge is 0.00383 e. The second-order valence-corrected chi connectivity index (χ2v) is 5.60. The van der Waals surface area contributed by atoms with E-state index in [0.29, 0.717) is 6.04 Å². The summed E-state index contributed by atoms with van der Waals surface area (Å²) >= 11 is 0. The standard InChI is InChI=1S/C14H29N/c1-5-13-7-6-8-14(10-13)11(2)9-12(3)15-4/h11-15H,5-10H2,1-4H3. The van der Waals surface area contributed by atoms with E-state index >= 15 is 0 Å². The summed E-state index contributed by atoms with van der Waals surface area (Å²) < 4.78 is 0. The van der Waals surface area contributed by atoms with Gasteiger partial charge in [-0.15, -0.1) is 0 Å². The Labute approximate surface area is 96.0 Å². The summed E-state index contributed by atoms with van der Waals surface area (Å²) in [7, 11) is 2.08. The van der Waals surface area contributed by atoms with Gasteiger partial charge in [-0.2, -0.15) is 0 Å². The van der Waals surface area contributed by atoms with Crippen LogP contribution in [0, 0.1) is 17.8 Å². The Hall–Kier alpha value is -0.0400. The zero-order valence-electron chi connectivity index (χ0n) is 11.1. The lowest BCUT2D eigenvalue weighted by molar-refractivity contribution is 0.186. The summed E-state index contributed by atoms with van der Waals surface area (Å²) in [5.41, 5.74) is 0. The normalized spacial score (nSPS) is 31.2. The van der Waals surface area contributed by atoms with Crippen molar-refractivity contribution in [1.82, 2.24) is 5.32 Å². The van der Waals surface area contributed by atoms with Crippen LogP contribution in [0.25, 0.3) is 0 Å². The van der Waals surface area contributed by atoms with Crippen molar-refractivity contribution in [3.05, 3.63) is 0 Å². The van der Waals surface area contributed by atoms with Crippen molar-refractivity contribution in [3.63, 3.8) is 0 Å². The van der Waals surface area contributed by atoms with Gasteiger partial charge in [-0.1, -0.05) is 39.5 Å². The second kappa shape index (κ2) is 6.52. The molecule has 4 unspecified atom stereocenters. The van der Waals surface area contributed by atoms with Crippen molar-refractivity contribution in [1.29, 1.82) is 0 Å². The van der Waals surface area contributed by atoms with Crippen LogP contribution in [0.3, 0.4) is 0 Å². The first-order valence-electron chi connectivity index (χ1n) is 6.84. The second-order valence-electron chi connectivity index (χ2n) is 5.60. The molecular weight excluding hydrogens is 182 g/mol. The molecule has 0 aromatic rings. The molecule has 1 N–H and O–H groups in total. The first-order chi connectivity index (χ1) is 7.17. The SMILES string of the molecule is CCC1CCCC(C(C)CC(C)NC)C1. The van der Waals surface area contributed by atoms with Crippen LogP contribution in [0.2, 0.25) is 0 Å². The molecule has 0 aliphatic heterocycles. The van der Waals surface area contributed by atoms with Gasteiger partial charge in [0.15, 0.2) is 0 Å². The quantitative estimate of drug-likeness (QED) is 0.728. The van der Waals surface area contributed by atoms with E-state index in [-0.39, 0.29) is 0 Å². The third-order valence-electron chi connectivity index (χ3n) is 4.42. The Kier molecular flexibility index (Phi) is 5.66. The Balaban J connectivity index is 2.34. The van der Waals surface area contributed by atoms with Crippen LogP contribution in [0.5, 0.6) is 0 Å². The van der Waals surface area contributed by atoms with Crippen LogP contribution in [0.15, 0.2) is 0 Å². The maximum Gasteiger partial charge on any atom is 0.00383 e. The highest BCUT2D eigenvalue weighted by Gasteiger charge is 2.25. The van der Waals surface area contributed by atoms with E-state index in [4.69, 9.17) is 0 Å². The molecule has 90 valence electrons. The van der Waals surface area contributed by atoms with Crippen LogP contribution in [0.1, 0.15) is 59.3 Å². The van der Waals surface area contributed by atoms with Crippen LogP contribution >= 0.6 is 0 Å². The average molecular weight is 211 g/mol. The molecular formula is C14H29N. The van der Waals surface area contributed by atoms with Crippen LogP contribution in [-0.4, -0.2) is 13.1 Å². The Morgan fingerprint density at radius 3 is 2.60 bits per heavy atom. The predicted molar refractivity (Wildman–Crippen MR) is 68.0 cm³/mol. The molecule has 1 rings (SSSR count). The molecule has 1 aliphatic carbocycles. The fourth-order valence-corrected chi connectivity index (χ4v) is 3.09. The maximum atomic E-state index is 3.36. The molecule has 1 heteroatoms. The van der Waals surface area contributed by atoms with Gasteiger partial charge >= 0.3 is 0 Å². The number of hydrogen-bond donors (Lipinski definition) is 1. The fourth-order valence-electron chi connectivity index (χ4n) is 3.09. The Bertz CT molecular complexity index is 167. The van der Waals surface area contributed by atoms with E-state index in [2.05, 4.69) is 33.1 Å². The number of rotatable bonds is 5. The molecule has 0 spiro atoms. The summed E-state index contributed by atoms with van der Waals surface area (Å²) in [4.78, 5) is 0. The lowest BCUT2D eigenvalue weighted by Crippen LogP contribution is -2.28. The zero-order chi connectivity index (χ0) is 11.3. The molecule has 15 heavy (non-hydrogen) atoms. The van der Waals surface area contributed by atoms with E-state index in [1.54, 1.807) is 0 Å².